The smallest absolute Gasteiger partial charge is 0.384 e. The molecule has 0 aliphatic carbocycles. The van der Waals surface area contributed by atoms with Crippen LogP contribution in [0.2, 0.25) is 0 Å². The lowest BCUT2D eigenvalue weighted by molar-refractivity contribution is -0.208. The van der Waals surface area contributed by atoms with Crippen LogP contribution in [0, 0.1) is 0 Å². The maximum Gasteiger partial charge on any atom is 0.505 e. The van der Waals surface area contributed by atoms with Crippen LogP contribution in [0.1, 0.15) is 6.42 Å². The van der Waals surface area contributed by atoms with Gasteiger partial charge in [0, 0.05) is 6.20 Å². The van der Waals surface area contributed by atoms with Crippen molar-refractivity contribution in [2.75, 3.05) is 13.3 Å². The van der Waals surface area contributed by atoms with E-state index in [4.69, 9.17) is 4.74 Å². The maximum absolute atomic E-state index is 14.3. The first-order chi connectivity index (χ1) is 9.74. The second kappa shape index (κ2) is 5.84. The molecule has 2 heterocycles. The molecule has 2 rings (SSSR count). The summed E-state index contributed by atoms with van der Waals surface area (Å²) in [6, 6.07) is 0. The van der Waals surface area contributed by atoms with Gasteiger partial charge < -0.3 is 9.84 Å². The Hall–Kier alpha value is -1.28. The summed E-state index contributed by atoms with van der Waals surface area (Å²) in [5.41, 5.74) is 0. The number of rotatable bonds is 4. The standard InChI is InChI=1S/C11H13F2NO6P/c1-21(18)19-5-11(13)9(17)8(12)10(20-11)14-3-2-6(15)4-7(14)16/h2-3,8-10,17H,4-5H2,1H3/q+1/t8-,9+,10-,11-/m1/s1. The second-order valence-electron chi connectivity index (χ2n) is 4.66. The summed E-state index contributed by atoms with van der Waals surface area (Å²) in [6.07, 6.45) is -4.66. The maximum atomic E-state index is 14.3. The molecule has 10 heteroatoms. The lowest BCUT2D eigenvalue weighted by Crippen LogP contribution is -2.44. The van der Waals surface area contributed by atoms with Crippen molar-refractivity contribution in [3.8, 4) is 0 Å². The van der Waals surface area contributed by atoms with Gasteiger partial charge in [0.05, 0.1) is 6.42 Å². The Morgan fingerprint density at radius 3 is 2.86 bits per heavy atom. The van der Waals surface area contributed by atoms with Crippen LogP contribution in [0.4, 0.5) is 8.78 Å². The third kappa shape index (κ3) is 3.16. The molecule has 21 heavy (non-hydrogen) atoms. The van der Waals surface area contributed by atoms with Crippen LogP contribution >= 0.6 is 8.03 Å². The summed E-state index contributed by atoms with van der Waals surface area (Å²) in [5.74, 6) is -4.17. The Labute approximate surface area is 119 Å². The number of hydrogen-bond donors (Lipinski definition) is 1. The van der Waals surface area contributed by atoms with E-state index in [1.807, 2.05) is 0 Å². The Bertz CT molecular complexity index is 515. The predicted molar refractivity (Wildman–Crippen MR) is 64.7 cm³/mol. The molecule has 116 valence electrons. The number of carbonyl (C=O) groups is 2. The number of carbonyl (C=O) groups excluding carboxylic acids is 2. The first-order valence-electron chi connectivity index (χ1n) is 5.99. The van der Waals surface area contributed by atoms with Crippen molar-refractivity contribution < 1.29 is 37.3 Å². The molecule has 0 aromatic rings. The van der Waals surface area contributed by atoms with Crippen LogP contribution in [-0.4, -0.2) is 59.3 Å². The Kier molecular flexibility index (Phi) is 4.48. The van der Waals surface area contributed by atoms with E-state index in [2.05, 4.69) is 4.52 Å². The van der Waals surface area contributed by atoms with Crippen molar-refractivity contribution in [2.24, 2.45) is 0 Å². The normalized spacial score (nSPS) is 37.2. The molecule has 1 fully saturated rings. The fraction of sp³-hybridized carbons (Fsp3) is 0.636. The van der Waals surface area contributed by atoms with Crippen molar-refractivity contribution in [2.45, 2.75) is 30.8 Å². The van der Waals surface area contributed by atoms with E-state index in [0.717, 1.165) is 18.9 Å². The number of ketones is 1. The van der Waals surface area contributed by atoms with Crippen molar-refractivity contribution in [1.82, 2.24) is 4.90 Å². The van der Waals surface area contributed by atoms with Gasteiger partial charge in [0.2, 0.25) is 5.91 Å². The van der Waals surface area contributed by atoms with Gasteiger partial charge in [-0.25, -0.2) is 8.78 Å². The molecule has 2 aliphatic rings. The van der Waals surface area contributed by atoms with Gasteiger partial charge in [-0.2, -0.15) is 0 Å². The summed E-state index contributed by atoms with van der Waals surface area (Å²) in [6.45, 7) is 0.217. The van der Waals surface area contributed by atoms with Crippen LogP contribution in [0.5, 0.6) is 0 Å². The zero-order chi connectivity index (χ0) is 15.8. The van der Waals surface area contributed by atoms with Crippen LogP contribution in [0.15, 0.2) is 12.3 Å². The largest absolute Gasteiger partial charge is 0.505 e. The Balaban J connectivity index is 2.16. The molecule has 2 aliphatic heterocycles. The number of amides is 1. The predicted octanol–water partition coefficient (Wildman–Crippen LogP) is 0.411. The van der Waals surface area contributed by atoms with Gasteiger partial charge in [-0.3, -0.25) is 14.5 Å². The molecule has 0 aromatic carbocycles. The molecule has 5 atom stereocenters. The topological polar surface area (TPSA) is 93.1 Å². The number of allylic oxidation sites excluding steroid dienone is 1. The number of alkyl halides is 2. The van der Waals surface area contributed by atoms with Crippen LogP contribution in [0.3, 0.4) is 0 Å². The summed E-state index contributed by atoms with van der Waals surface area (Å²) in [7, 11) is -2.17. The average Bonchev–Trinajstić information content (AvgIpc) is 2.62. The van der Waals surface area contributed by atoms with Crippen molar-refractivity contribution in [1.29, 1.82) is 0 Å². The molecule has 0 radical (unpaired) electrons. The third-order valence-electron chi connectivity index (χ3n) is 3.08. The highest BCUT2D eigenvalue weighted by molar-refractivity contribution is 7.38. The van der Waals surface area contributed by atoms with Crippen LogP contribution in [0.25, 0.3) is 0 Å². The molecule has 7 nitrogen and oxygen atoms in total. The SMILES string of the molecule is C[P+](=O)OC[C@@]1(F)O[C@@H](N2C=CC(=O)CC2=O)[C@H](F)[C@@H]1O. The number of halogens is 2. The second-order valence-corrected chi connectivity index (χ2v) is 5.79. The van der Waals surface area contributed by atoms with Gasteiger partial charge in [-0.1, -0.05) is 0 Å². The number of hydrogen-bond acceptors (Lipinski definition) is 6. The quantitative estimate of drug-likeness (QED) is 0.595. The number of ether oxygens (including phenoxy) is 1. The molecule has 1 unspecified atom stereocenters. The molecule has 1 N–H and O–H groups in total. The molecule has 1 amide bonds. The minimum atomic E-state index is -2.93. The monoisotopic (exact) mass is 324 g/mol. The Morgan fingerprint density at radius 2 is 2.29 bits per heavy atom. The van der Waals surface area contributed by atoms with Crippen LogP contribution in [-0.2, 0) is 23.4 Å². The molecule has 1 saturated heterocycles. The van der Waals surface area contributed by atoms with Crippen LogP contribution < -0.4 is 0 Å². The zero-order valence-electron chi connectivity index (χ0n) is 10.9. The van der Waals surface area contributed by atoms with Gasteiger partial charge >= 0.3 is 8.03 Å². The summed E-state index contributed by atoms with van der Waals surface area (Å²) in [5, 5.41) is 9.59. The van der Waals surface area contributed by atoms with Gasteiger partial charge in [-0.05, 0) is 10.6 Å². The first kappa shape index (κ1) is 16.1. The number of aliphatic hydroxyl groups is 1. The summed E-state index contributed by atoms with van der Waals surface area (Å²) < 4.78 is 48.4. The molecule has 0 saturated carbocycles. The average molecular weight is 324 g/mol. The van der Waals surface area contributed by atoms with E-state index in [0.29, 0.717) is 4.90 Å². The molecule has 0 bridgehead atoms. The fourth-order valence-electron chi connectivity index (χ4n) is 2.01. The van der Waals surface area contributed by atoms with Gasteiger partial charge in [0.1, 0.15) is 0 Å². The Morgan fingerprint density at radius 1 is 1.62 bits per heavy atom. The van der Waals surface area contributed by atoms with E-state index >= 15 is 0 Å². The minimum Gasteiger partial charge on any atom is -0.384 e. The summed E-state index contributed by atoms with van der Waals surface area (Å²) in [4.78, 5) is 23.4. The van der Waals surface area contributed by atoms with Crippen molar-refractivity contribution in [3.63, 3.8) is 0 Å². The first-order valence-corrected chi connectivity index (χ1v) is 7.62. The molecular formula is C11H13F2NO6P+. The highest BCUT2D eigenvalue weighted by atomic mass is 31.1. The number of aliphatic hydroxyl groups excluding tert-OH is 1. The van der Waals surface area contributed by atoms with Gasteiger partial charge in [0.25, 0.3) is 5.85 Å². The minimum absolute atomic E-state index is 0.469. The van der Waals surface area contributed by atoms with Gasteiger partial charge in [-0.15, -0.1) is 4.52 Å². The van der Waals surface area contributed by atoms with E-state index < -0.39 is 57.1 Å². The zero-order valence-corrected chi connectivity index (χ0v) is 11.8. The van der Waals surface area contributed by atoms with E-state index in [9.17, 15) is 28.0 Å². The number of nitrogens with zero attached hydrogens (tertiary/aromatic N) is 1. The lowest BCUT2D eigenvalue weighted by atomic mass is 10.1. The van der Waals surface area contributed by atoms with Gasteiger partial charge in [0.15, 0.2) is 37.6 Å². The fourth-order valence-corrected chi connectivity index (χ4v) is 2.37. The highest BCUT2D eigenvalue weighted by Crippen LogP contribution is 2.38. The lowest BCUT2D eigenvalue weighted by Gasteiger charge is -2.28. The highest BCUT2D eigenvalue weighted by Gasteiger charge is 2.59. The molecular weight excluding hydrogens is 311 g/mol. The van der Waals surface area contributed by atoms with E-state index in [1.165, 1.54) is 0 Å². The third-order valence-corrected chi connectivity index (χ3v) is 3.58. The van der Waals surface area contributed by atoms with Crippen molar-refractivity contribution in [3.05, 3.63) is 12.3 Å². The molecule has 0 spiro atoms. The summed E-state index contributed by atoms with van der Waals surface area (Å²) >= 11 is 0. The molecule has 0 aromatic heterocycles. The van der Waals surface area contributed by atoms with Crippen molar-refractivity contribution >= 4 is 19.7 Å². The van der Waals surface area contributed by atoms with E-state index in [1.54, 1.807) is 0 Å². The van der Waals surface area contributed by atoms with E-state index in [-0.39, 0.29) is 0 Å².